The van der Waals surface area contributed by atoms with Crippen LogP contribution >= 0.6 is 0 Å². The Morgan fingerprint density at radius 1 is 1.23 bits per heavy atom. The van der Waals surface area contributed by atoms with Crippen molar-refractivity contribution in [1.82, 2.24) is 5.06 Å². The van der Waals surface area contributed by atoms with E-state index in [0.29, 0.717) is 5.92 Å². The molecular weight excluding hydrogens is 330 g/mol. The first-order valence-electron chi connectivity index (χ1n) is 10.5. The van der Waals surface area contributed by atoms with Crippen LogP contribution in [-0.2, 0) is 19.1 Å². The third kappa shape index (κ3) is 2.00. The van der Waals surface area contributed by atoms with Gasteiger partial charge in [-0.15, -0.1) is 0 Å². The molecule has 7 atom stereocenters. The number of ether oxygens (including phenoxy) is 2. The second-order valence-corrected chi connectivity index (χ2v) is 9.67. The van der Waals surface area contributed by atoms with Crippen LogP contribution in [0.2, 0.25) is 0 Å². The second-order valence-electron chi connectivity index (χ2n) is 9.67. The summed E-state index contributed by atoms with van der Waals surface area (Å²) >= 11 is 0. The Bertz CT molecular complexity index is 593. The third-order valence-corrected chi connectivity index (χ3v) is 8.44. The fourth-order valence-corrected chi connectivity index (χ4v) is 6.78. The third-order valence-electron chi connectivity index (χ3n) is 8.44. The maximum Gasteiger partial charge on any atom is 0.315 e. The van der Waals surface area contributed by atoms with Crippen LogP contribution in [-0.4, -0.2) is 42.1 Å². The minimum atomic E-state index is -0.655. The van der Waals surface area contributed by atoms with Gasteiger partial charge in [-0.3, -0.25) is 9.63 Å². The Morgan fingerprint density at radius 3 is 2.58 bits per heavy atom. The van der Waals surface area contributed by atoms with Gasteiger partial charge in [0.2, 0.25) is 0 Å². The van der Waals surface area contributed by atoms with Crippen LogP contribution in [0.1, 0.15) is 73.1 Å². The molecule has 0 radical (unpaired) electrons. The smallest absolute Gasteiger partial charge is 0.315 e. The molecule has 0 aromatic heterocycles. The van der Waals surface area contributed by atoms with E-state index in [2.05, 4.69) is 39.7 Å². The first kappa shape index (κ1) is 18.7. The Labute approximate surface area is 157 Å². The van der Waals surface area contributed by atoms with Gasteiger partial charge in [-0.1, -0.05) is 47.5 Å². The maximum atomic E-state index is 12.8. The minimum absolute atomic E-state index is 0.137. The molecule has 0 aromatic rings. The van der Waals surface area contributed by atoms with Crippen LogP contribution in [0.5, 0.6) is 0 Å². The highest BCUT2D eigenvalue weighted by atomic mass is 16.8. The van der Waals surface area contributed by atoms with E-state index in [1.54, 1.807) is 0 Å². The zero-order chi connectivity index (χ0) is 18.9. The minimum Gasteiger partial charge on any atom is -0.469 e. The summed E-state index contributed by atoms with van der Waals surface area (Å²) in [5.74, 6) is 0.00940. The number of carbonyl (C=O) groups is 1. The van der Waals surface area contributed by atoms with Gasteiger partial charge in [0, 0.05) is 5.41 Å². The van der Waals surface area contributed by atoms with E-state index in [9.17, 15) is 4.79 Å². The number of fused-ring (bicyclic) bond motifs is 7. The molecule has 26 heavy (non-hydrogen) atoms. The fraction of sp³-hybridized carbons (Fsp3) is 0.952. The number of esters is 1. The van der Waals surface area contributed by atoms with E-state index in [1.165, 1.54) is 20.0 Å². The fourth-order valence-electron chi connectivity index (χ4n) is 6.78. The molecule has 2 aliphatic carbocycles. The number of nitrogens with zero attached hydrogens (tertiary/aromatic N) is 1. The second kappa shape index (κ2) is 5.92. The molecule has 5 nitrogen and oxygen atoms in total. The van der Waals surface area contributed by atoms with Crippen molar-refractivity contribution in [3.63, 3.8) is 0 Å². The summed E-state index contributed by atoms with van der Waals surface area (Å²) in [4.78, 5) is 19.3. The lowest BCUT2D eigenvalue weighted by Crippen LogP contribution is -2.51. The van der Waals surface area contributed by atoms with Crippen molar-refractivity contribution >= 4 is 5.97 Å². The zero-order valence-corrected chi connectivity index (χ0v) is 17.2. The summed E-state index contributed by atoms with van der Waals surface area (Å²) in [6, 6.07) is 0.254. The van der Waals surface area contributed by atoms with Gasteiger partial charge in [-0.25, -0.2) is 0 Å². The van der Waals surface area contributed by atoms with E-state index in [0.717, 1.165) is 25.7 Å². The molecule has 0 amide bonds. The van der Waals surface area contributed by atoms with Gasteiger partial charge in [-0.05, 0) is 37.0 Å². The molecule has 0 unspecified atom stereocenters. The van der Waals surface area contributed by atoms with Crippen LogP contribution in [0.3, 0.4) is 0 Å². The van der Waals surface area contributed by atoms with Gasteiger partial charge in [0.05, 0.1) is 25.4 Å². The van der Waals surface area contributed by atoms with Crippen molar-refractivity contribution in [2.24, 2.45) is 22.7 Å². The Balaban J connectivity index is 1.77. The van der Waals surface area contributed by atoms with E-state index < -0.39 is 5.72 Å². The first-order chi connectivity index (χ1) is 12.3. The Kier molecular flexibility index (Phi) is 4.26. The van der Waals surface area contributed by atoms with E-state index in [1.807, 2.05) is 0 Å². The summed E-state index contributed by atoms with van der Waals surface area (Å²) in [7, 11) is 1.48. The molecule has 0 spiro atoms. The van der Waals surface area contributed by atoms with E-state index in [4.69, 9.17) is 14.3 Å². The van der Waals surface area contributed by atoms with Crippen molar-refractivity contribution in [2.45, 2.75) is 97.1 Å². The highest BCUT2D eigenvalue weighted by Crippen LogP contribution is 2.72. The lowest BCUT2D eigenvalue weighted by atomic mass is 9.70. The van der Waals surface area contributed by atoms with Crippen LogP contribution in [0.15, 0.2) is 0 Å². The molecule has 2 heterocycles. The molecule has 4 fully saturated rings. The van der Waals surface area contributed by atoms with Crippen molar-refractivity contribution in [1.29, 1.82) is 0 Å². The van der Waals surface area contributed by atoms with Crippen molar-refractivity contribution in [3.05, 3.63) is 0 Å². The summed E-state index contributed by atoms with van der Waals surface area (Å²) in [6.07, 6.45) is 6.01. The largest absolute Gasteiger partial charge is 0.469 e. The molecule has 5 heteroatoms. The lowest BCUT2D eigenvalue weighted by molar-refractivity contribution is -0.244. The molecule has 2 aliphatic heterocycles. The molecule has 2 saturated heterocycles. The van der Waals surface area contributed by atoms with Gasteiger partial charge < -0.3 is 9.47 Å². The quantitative estimate of drug-likeness (QED) is 0.691. The Hall–Kier alpha value is -0.650. The van der Waals surface area contributed by atoms with Gasteiger partial charge in [-0.2, -0.15) is 5.06 Å². The van der Waals surface area contributed by atoms with Crippen molar-refractivity contribution < 1.29 is 19.1 Å². The van der Waals surface area contributed by atoms with Gasteiger partial charge in [0.15, 0.2) is 5.72 Å². The molecule has 0 aromatic carbocycles. The predicted octanol–water partition coefficient (Wildman–Crippen LogP) is 3.91. The monoisotopic (exact) mass is 365 g/mol. The number of hydrogen-bond acceptors (Lipinski definition) is 5. The van der Waals surface area contributed by atoms with Gasteiger partial charge >= 0.3 is 5.97 Å². The van der Waals surface area contributed by atoms with Gasteiger partial charge in [0.25, 0.3) is 0 Å². The number of hydroxylamine groups is 2. The Morgan fingerprint density at radius 2 is 1.96 bits per heavy atom. The van der Waals surface area contributed by atoms with Crippen LogP contribution in [0.25, 0.3) is 0 Å². The molecule has 2 saturated carbocycles. The molecule has 4 rings (SSSR count). The maximum absolute atomic E-state index is 12.8. The predicted molar refractivity (Wildman–Crippen MR) is 98.0 cm³/mol. The summed E-state index contributed by atoms with van der Waals surface area (Å²) in [6.45, 7) is 11.5. The normalized spacial score (nSPS) is 48.6. The number of methoxy groups -OCH3 is 1. The summed E-state index contributed by atoms with van der Waals surface area (Å²) in [5, 5.41) is 2.15. The van der Waals surface area contributed by atoms with Crippen LogP contribution in [0.4, 0.5) is 0 Å². The lowest BCUT2D eigenvalue weighted by Gasteiger charge is -2.41. The molecule has 0 N–H and O–H groups in total. The first-order valence-corrected chi connectivity index (χ1v) is 10.5. The molecule has 4 aliphatic rings. The highest BCUT2D eigenvalue weighted by molar-refractivity contribution is 5.75. The zero-order valence-electron chi connectivity index (χ0n) is 17.2. The number of rotatable bonds is 5. The topological polar surface area (TPSA) is 48.0 Å². The number of hydrogen-bond donors (Lipinski definition) is 0. The summed E-state index contributed by atoms with van der Waals surface area (Å²) < 4.78 is 12.1. The van der Waals surface area contributed by atoms with Gasteiger partial charge in [0.1, 0.15) is 5.92 Å². The van der Waals surface area contributed by atoms with E-state index in [-0.39, 0.29) is 41.0 Å². The molecule has 148 valence electrons. The molecular formula is C21H35NO4. The SMILES string of the molecule is CCC[C@@H]1ON2[C@@H]3[C@H]4CC[C@@](C)([C@@H]3O[C@@]2(CCC)[C@H]1C(=O)OC)C4(C)C. The average molecular weight is 366 g/mol. The van der Waals surface area contributed by atoms with Crippen LogP contribution < -0.4 is 0 Å². The average Bonchev–Trinajstić information content (AvgIpc) is 3.18. The van der Waals surface area contributed by atoms with Crippen LogP contribution in [0, 0.1) is 22.7 Å². The standard InChI is InChI=1S/C21H35NO4/c1-7-9-14-15(18(23)24-6)21(11-8-2)22(26-14)16-13-10-12-20(5,17(16)25-21)19(13,3)4/h13-17H,7-12H2,1-6H3/t13-,14+,15-,16-,17-,20+,21+/m1/s1. The highest BCUT2D eigenvalue weighted by Gasteiger charge is 2.78. The summed E-state index contributed by atoms with van der Waals surface area (Å²) in [5.41, 5.74) is -0.289. The number of carbonyl (C=O) groups excluding carboxylic acids is 1. The van der Waals surface area contributed by atoms with Crippen molar-refractivity contribution in [2.75, 3.05) is 7.11 Å². The van der Waals surface area contributed by atoms with E-state index >= 15 is 0 Å². The molecule has 2 bridgehead atoms. The van der Waals surface area contributed by atoms with Crippen molar-refractivity contribution in [3.8, 4) is 0 Å².